The Morgan fingerprint density at radius 1 is 1.38 bits per heavy atom. The van der Waals surface area contributed by atoms with Crippen LogP contribution in [-0.4, -0.2) is 5.11 Å². The smallest absolute Gasteiger partial charge is 0.0995 e. The summed E-state index contributed by atoms with van der Waals surface area (Å²) in [5, 5.41) is 18.6. The number of benzene rings is 1. The van der Waals surface area contributed by atoms with E-state index in [9.17, 15) is 5.11 Å². The van der Waals surface area contributed by atoms with E-state index < -0.39 is 6.10 Å². The van der Waals surface area contributed by atoms with Crippen LogP contribution in [0.1, 0.15) is 30.1 Å². The third-order valence-corrected chi connectivity index (χ3v) is 2.47. The van der Waals surface area contributed by atoms with Crippen LogP contribution in [0, 0.1) is 17.2 Å². The van der Waals surface area contributed by atoms with Crippen LogP contribution in [-0.2, 0) is 0 Å². The van der Waals surface area contributed by atoms with Gasteiger partial charge in [-0.3, -0.25) is 0 Å². The summed E-state index contributed by atoms with van der Waals surface area (Å²) in [5.41, 5.74) is 1.38. The van der Waals surface area contributed by atoms with E-state index in [0.29, 0.717) is 11.5 Å². The fraction of sp³-hybridized carbons (Fsp3) is 0.364. The maximum Gasteiger partial charge on any atom is 0.0995 e. The lowest BCUT2D eigenvalue weighted by atomic mass is 10.0. The second-order valence-electron chi connectivity index (χ2n) is 3.48. The highest BCUT2D eigenvalue weighted by Crippen LogP contribution is 2.41. The summed E-state index contributed by atoms with van der Waals surface area (Å²) in [6.45, 7) is 0. The second kappa shape index (κ2) is 3.20. The van der Waals surface area contributed by atoms with Gasteiger partial charge in [-0.15, -0.1) is 0 Å². The minimum Gasteiger partial charge on any atom is -0.388 e. The van der Waals surface area contributed by atoms with Crippen molar-refractivity contribution in [1.82, 2.24) is 0 Å². The van der Waals surface area contributed by atoms with E-state index in [4.69, 9.17) is 5.26 Å². The molecule has 1 aliphatic rings. The topological polar surface area (TPSA) is 44.0 Å². The van der Waals surface area contributed by atoms with Crippen LogP contribution in [0.5, 0.6) is 0 Å². The summed E-state index contributed by atoms with van der Waals surface area (Å²) in [4.78, 5) is 0. The Kier molecular flexibility index (Phi) is 2.03. The van der Waals surface area contributed by atoms with Gasteiger partial charge in [0.2, 0.25) is 0 Å². The third kappa shape index (κ3) is 1.56. The predicted molar refractivity (Wildman–Crippen MR) is 48.8 cm³/mol. The van der Waals surface area contributed by atoms with Crippen LogP contribution in [0.3, 0.4) is 0 Å². The number of nitrogens with zero attached hydrogens (tertiary/aromatic N) is 1. The zero-order valence-electron chi connectivity index (χ0n) is 7.27. The molecule has 1 atom stereocenters. The minimum absolute atomic E-state index is 0.384. The Hall–Kier alpha value is -1.33. The monoisotopic (exact) mass is 173 g/mol. The fourth-order valence-corrected chi connectivity index (χ4v) is 1.52. The first kappa shape index (κ1) is 8.28. The first-order valence-corrected chi connectivity index (χ1v) is 4.50. The molecule has 0 bridgehead atoms. The van der Waals surface area contributed by atoms with Crippen molar-refractivity contribution in [2.24, 2.45) is 5.92 Å². The number of hydrogen-bond donors (Lipinski definition) is 1. The Bertz CT molecular complexity index is 349. The van der Waals surface area contributed by atoms with E-state index >= 15 is 0 Å². The summed E-state index contributed by atoms with van der Waals surface area (Å²) in [6, 6.07) is 9.37. The van der Waals surface area contributed by atoms with E-state index in [0.717, 1.165) is 18.4 Å². The summed E-state index contributed by atoms with van der Waals surface area (Å²) < 4.78 is 0. The SMILES string of the molecule is N#Cc1ccccc1C(O)C1CC1. The highest BCUT2D eigenvalue weighted by Gasteiger charge is 2.31. The molecule has 13 heavy (non-hydrogen) atoms. The van der Waals surface area contributed by atoms with Gasteiger partial charge in [-0.05, 0) is 30.4 Å². The van der Waals surface area contributed by atoms with Crippen molar-refractivity contribution in [1.29, 1.82) is 5.26 Å². The average molecular weight is 173 g/mol. The molecule has 1 aromatic rings. The molecule has 2 rings (SSSR count). The largest absolute Gasteiger partial charge is 0.388 e. The number of hydrogen-bond acceptors (Lipinski definition) is 2. The van der Waals surface area contributed by atoms with Crippen molar-refractivity contribution in [3.05, 3.63) is 35.4 Å². The molecule has 66 valence electrons. The summed E-state index contributed by atoms with van der Waals surface area (Å²) in [5.74, 6) is 0.384. The number of aliphatic hydroxyl groups excluding tert-OH is 1. The molecule has 2 heteroatoms. The van der Waals surface area contributed by atoms with Gasteiger partial charge < -0.3 is 5.11 Å². The highest BCUT2D eigenvalue weighted by molar-refractivity contribution is 5.39. The lowest BCUT2D eigenvalue weighted by Gasteiger charge is -2.10. The first-order chi connectivity index (χ1) is 6.33. The van der Waals surface area contributed by atoms with Gasteiger partial charge in [0.15, 0.2) is 0 Å². The van der Waals surface area contributed by atoms with E-state index in [2.05, 4.69) is 6.07 Å². The minimum atomic E-state index is -0.434. The Labute approximate surface area is 77.4 Å². The zero-order chi connectivity index (χ0) is 9.26. The molecule has 0 aromatic heterocycles. The third-order valence-electron chi connectivity index (χ3n) is 2.47. The lowest BCUT2D eigenvalue weighted by molar-refractivity contribution is 0.153. The number of aliphatic hydroxyl groups is 1. The summed E-state index contributed by atoms with van der Waals surface area (Å²) in [7, 11) is 0. The second-order valence-corrected chi connectivity index (χ2v) is 3.48. The summed E-state index contributed by atoms with van der Waals surface area (Å²) >= 11 is 0. The highest BCUT2D eigenvalue weighted by atomic mass is 16.3. The molecule has 1 fully saturated rings. The maximum atomic E-state index is 9.82. The van der Waals surface area contributed by atoms with Gasteiger partial charge in [-0.2, -0.15) is 5.26 Å². The van der Waals surface area contributed by atoms with Crippen LogP contribution in [0.2, 0.25) is 0 Å². The van der Waals surface area contributed by atoms with E-state index in [-0.39, 0.29) is 0 Å². The molecule has 0 amide bonds. The van der Waals surface area contributed by atoms with Crippen LogP contribution in [0.4, 0.5) is 0 Å². The molecule has 0 saturated heterocycles. The van der Waals surface area contributed by atoms with Crippen LogP contribution >= 0.6 is 0 Å². The molecule has 0 spiro atoms. The number of rotatable bonds is 2. The van der Waals surface area contributed by atoms with Gasteiger partial charge in [0.1, 0.15) is 0 Å². The van der Waals surface area contributed by atoms with Crippen molar-refractivity contribution in [3.63, 3.8) is 0 Å². The van der Waals surface area contributed by atoms with Crippen LogP contribution < -0.4 is 0 Å². The van der Waals surface area contributed by atoms with Crippen molar-refractivity contribution in [3.8, 4) is 6.07 Å². The molecule has 0 heterocycles. The normalized spacial score (nSPS) is 17.8. The summed E-state index contributed by atoms with van der Waals surface area (Å²) in [6.07, 6.45) is 1.73. The zero-order valence-corrected chi connectivity index (χ0v) is 7.27. The molecule has 0 radical (unpaired) electrons. The van der Waals surface area contributed by atoms with Crippen LogP contribution in [0.25, 0.3) is 0 Å². The van der Waals surface area contributed by atoms with Gasteiger partial charge in [0.05, 0.1) is 17.7 Å². The first-order valence-electron chi connectivity index (χ1n) is 4.50. The molecular formula is C11H11NO. The molecular weight excluding hydrogens is 162 g/mol. The van der Waals surface area contributed by atoms with E-state index in [1.807, 2.05) is 18.2 Å². The molecule has 2 nitrogen and oxygen atoms in total. The van der Waals surface area contributed by atoms with Gasteiger partial charge in [0.25, 0.3) is 0 Å². The standard InChI is InChI=1S/C11H11NO/c12-7-9-3-1-2-4-10(9)11(13)8-5-6-8/h1-4,8,11,13H,5-6H2. The Morgan fingerprint density at radius 3 is 2.69 bits per heavy atom. The maximum absolute atomic E-state index is 9.82. The number of nitriles is 1. The van der Waals surface area contributed by atoms with Crippen molar-refractivity contribution >= 4 is 0 Å². The molecule has 1 N–H and O–H groups in total. The predicted octanol–water partition coefficient (Wildman–Crippen LogP) is 2.00. The fourth-order valence-electron chi connectivity index (χ4n) is 1.52. The van der Waals surface area contributed by atoms with Crippen molar-refractivity contribution in [2.45, 2.75) is 18.9 Å². The van der Waals surface area contributed by atoms with Gasteiger partial charge in [-0.1, -0.05) is 18.2 Å². The van der Waals surface area contributed by atoms with Gasteiger partial charge >= 0.3 is 0 Å². The molecule has 1 aromatic carbocycles. The van der Waals surface area contributed by atoms with E-state index in [1.165, 1.54) is 0 Å². The van der Waals surface area contributed by atoms with E-state index in [1.54, 1.807) is 6.07 Å². The van der Waals surface area contributed by atoms with Gasteiger partial charge in [0, 0.05) is 0 Å². The van der Waals surface area contributed by atoms with Crippen molar-refractivity contribution < 1.29 is 5.11 Å². The molecule has 1 aliphatic carbocycles. The Balaban J connectivity index is 2.32. The Morgan fingerprint density at radius 2 is 2.08 bits per heavy atom. The molecule has 1 unspecified atom stereocenters. The van der Waals surface area contributed by atoms with Gasteiger partial charge in [-0.25, -0.2) is 0 Å². The van der Waals surface area contributed by atoms with Crippen molar-refractivity contribution in [2.75, 3.05) is 0 Å². The average Bonchev–Trinajstić information content (AvgIpc) is 3.00. The molecule has 1 saturated carbocycles. The lowest BCUT2D eigenvalue weighted by Crippen LogP contribution is -2.01. The van der Waals surface area contributed by atoms with Crippen LogP contribution in [0.15, 0.2) is 24.3 Å². The molecule has 0 aliphatic heterocycles. The quantitative estimate of drug-likeness (QED) is 0.743.